The molecule has 1 fully saturated rings. The Morgan fingerprint density at radius 2 is 2.41 bits per heavy atom. The minimum absolute atomic E-state index is 0.712. The monoisotopic (exact) mass is 232 g/mol. The molecule has 0 radical (unpaired) electrons. The van der Waals surface area contributed by atoms with Gasteiger partial charge in [-0.3, -0.25) is 4.98 Å². The standard InChI is InChI=1S/C14H20N2O/c1-2-3-4-9-17-14-7-8-15-10-12(14)11-16-13-5-6-13/h2,7-8,10,13,16H,1,3-6,9,11H2. The molecule has 0 spiro atoms. The maximum Gasteiger partial charge on any atom is 0.126 e. The van der Waals surface area contributed by atoms with Gasteiger partial charge in [-0.2, -0.15) is 0 Å². The summed E-state index contributed by atoms with van der Waals surface area (Å²) >= 11 is 0. The molecule has 1 aliphatic rings. The van der Waals surface area contributed by atoms with Crippen molar-refractivity contribution in [2.45, 2.75) is 38.3 Å². The number of nitrogens with one attached hydrogen (secondary N) is 1. The van der Waals surface area contributed by atoms with Gasteiger partial charge in [0.25, 0.3) is 0 Å². The number of pyridine rings is 1. The largest absolute Gasteiger partial charge is 0.493 e. The van der Waals surface area contributed by atoms with E-state index in [0.717, 1.165) is 37.3 Å². The highest BCUT2D eigenvalue weighted by molar-refractivity contribution is 5.30. The van der Waals surface area contributed by atoms with Gasteiger partial charge in [-0.15, -0.1) is 6.58 Å². The van der Waals surface area contributed by atoms with Crippen molar-refractivity contribution in [1.82, 2.24) is 10.3 Å². The normalized spacial score (nSPS) is 14.6. The lowest BCUT2D eigenvalue weighted by Crippen LogP contribution is -2.16. The Morgan fingerprint density at radius 1 is 1.53 bits per heavy atom. The highest BCUT2D eigenvalue weighted by atomic mass is 16.5. The van der Waals surface area contributed by atoms with E-state index in [4.69, 9.17) is 4.74 Å². The number of hydrogen-bond acceptors (Lipinski definition) is 3. The van der Waals surface area contributed by atoms with Crippen LogP contribution in [0.25, 0.3) is 0 Å². The van der Waals surface area contributed by atoms with Gasteiger partial charge in [0, 0.05) is 30.5 Å². The van der Waals surface area contributed by atoms with Crippen LogP contribution < -0.4 is 10.1 Å². The zero-order valence-electron chi connectivity index (χ0n) is 10.2. The van der Waals surface area contributed by atoms with Crippen LogP contribution in [0, 0.1) is 0 Å². The zero-order chi connectivity index (χ0) is 11.9. The second-order valence-corrected chi connectivity index (χ2v) is 4.42. The van der Waals surface area contributed by atoms with Crippen LogP contribution in [0.1, 0.15) is 31.2 Å². The minimum Gasteiger partial charge on any atom is -0.493 e. The summed E-state index contributed by atoms with van der Waals surface area (Å²) in [7, 11) is 0. The molecule has 2 rings (SSSR count). The maximum absolute atomic E-state index is 5.76. The topological polar surface area (TPSA) is 34.1 Å². The SMILES string of the molecule is C=CCCCOc1ccncc1CNC1CC1. The van der Waals surface area contributed by atoms with Crippen molar-refractivity contribution < 1.29 is 4.74 Å². The second-order valence-electron chi connectivity index (χ2n) is 4.42. The third kappa shape index (κ3) is 4.19. The third-order valence-electron chi connectivity index (χ3n) is 2.83. The Balaban J connectivity index is 1.82. The van der Waals surface area contributed by atoms with Crippen LogP contribution in [0.3, 0.4) is 0 Å². The van der Waals surface area contributed by atoms with Gasteiger partial charge in [-0.1, -0.05) is 6.08 Å². The Bertz CT molecular complexity index is 361. The van der Waals surface area contributed by atoms with E-state index in [2.05, 4.69) is 16.9 Å². The van der Waals surface area contributed by atoms with Crippen molar-refractivity contribution in [1.29, 1.82) is 0 Å². The zero-order valence-corrected chi connectivity index (χ0v) is 10.2. The molecule has 17 heavy (non-hydrogen) atoms. The van der Waals surface area contributed by atoms with E-state index in [0.29, 0.717) is 6.04 Å². The molecule has 1 aliphatic carbocycles. The lowest BCUT2D eigenvalue weighted by atomic mass is 10.2. The molecular formula is C14H20N2O. The number of ether oxygens (including phenoxy) is 1. The summed E-state index contributed by atoms with van der Waals surface area (Å²) in [5.41, 5.74) is 1.15. The Hall–Kier alpha value is -1.35. The fourth-order valence-electron chi connectivity index (χ4n) is 1.64. The molecule has 1 N–H and O–H groups in total. The number of allylic oxidation sites excluding steroid dienone is 1. The molecule has 0 aromatic carbocycles. The number of aromatic nitrogens is 1. The van der Waals surface area contributed by atoms with E-state index in [1.54, 1.807) is 6.20 Å². The average molecular weight is 232 g/mol. The molecule has 1 aromatic rings. The van der Waals surface area contributed by atoms with Gasteiger partial charge in [0.05, 0.1) is 6.61 Å². The molecule has 3 nitrogen and oxygen atoms in total. The van der Waals surface area contributed by atoms with E-state index in [9.17, 15) is 0 Å². The van der Waals surface area contributed by atoms with E-state index >= 15 is 0 Å². The minimum atomic E-state index is 0.712. The van der Waals surface area contributed by atoms with Crippen LogP contribution in [0.4, 0.5) is 0 Å². The molecule has 0 saturated heterocycles. The molecular weight excluding hydrogens is 212 g/mol. The summed E-state index contributed by atoms with van der Waals surface area (Å²) in [5.74, 6) is 0.956. The molecule has 1 saturated carbocycles. The predicted octanol–water partition coefficient (Wildman–Crippen LogP) is 2.68. The van der Waals surface area contributed by atoms with E-state index < -0.39 is 0 Å². The first-order valence-electron chi connectivity index (χ1n) is 6.30. The van der Waals surface area contributed by atoms with Gasteiger partial charge in [0.1, 0.15) is 5.75 Å². The lowest BCUT2D eigenvalue weighted by molar-refractivity contribution is 0.307. The van der Waals surface area contributed by atoms with Gasteiger partial charge >= 0.3 is 0 Å². The fraction of sp³-hybridized carbons (Fsp3) is 0.500. The van der Waals surface area contributed by atoms with Gasteiger partial charge in [0.15, 0.2) is 0 Å². The Kier molecular flexibility index (Phi) is 4.56. The number of hydrogen-bond donors (Lipinski definition) is 1. The van der Waals surface area contributed by atoms with E-state index in [1.807, 2.05) is 18.3 Å². The summed E-state index contributed by atoms with van der Waals surface area (Å²) in [6.45, 7) is 5.30. The first-order valence-corrected chi connectivity index (χ1v) is 6.30. The molecule has 0 unspecified atom stereocenters. The van der Waals surface area contributed by atoms with Crippen LogP contribution in [-0.4, -0.2) is 17.6 Å². The molecule has 0 aliphatic heterocycles. The summed E-state index contributed by atoms with van der Waals surface area (Å²) in [6.07, 6.45) is 10.2. The third-order valence-corrected chi connectivity index (χ3v) is 2.83. The number of rotatable bonds is 8. The highest BCUT2D eigenvalue weighted by Gasteiger charge is 2.20. The summed E-state index contributed by atoms with van der Waals surface area (Å²) < 4.78 is 5.76. The lowest BCUT2D eigenvalue weighted by Gasteiger charge is -2.11. The summed E-state index contributed by atoms with van der Waals surface area (Å²) in [6, 6.07) is 2.65. The van der Waals surface area contributed by atoms with Crippen molar-refractivity contribution in [3.8, 4) is 5.75 Å². The summed E-state index contributed by atoms with van der Waals surface area (Å²) in [5, 5.41) is 3.48. The average Bonchev–Trinajstić information content (AvgIpc) is 3.17. The smallest absolute Gasteiger partial charge is 0.126 e. The van der Waals surface area contributed by atoms with Crippen LogP contribution >= 0.6 is 0 Å². The van der Waals surface area contributed by atoms with Crippen LogP contribution in [0.5, 0.6) is 5.75 Å². The predicted molar refractivity (Wildman–Crippen MR) is 69.0 cm³/mol. The Labute approximate surface area is 103 Å². The maximum atomic E-state index is 5.76. The van der Waals surface area contributed by atoms with Crippen LogP contribution in [0.15, 0.2) is 31.1 Å². The molecule has 0 atom stereocenters. The fourth-order valence-corrected chi connectivity index (χ4v) is 1.64. The second kappa shape index (κ2) is 6.40. The van der Waals surface area contributed by atoms with Gasteiger partial charge in [0.2, 0.25) is 0 Å². The van der Waals surface area contributed by atoms with Gasteiger partial charge in [-0.05, 0) is 31.7 Å². The number of unbranched alkanes of at least 4 members (excludes halogenated alkanes) is 1. The van der Waals surface area contributed by atoms with Crippen molar-refractivity contribution >= 4 is 0 Å². The first kappa shape index (κ1) is 12.1. The molecule has 0 amide bonds. The van der Waals surface area contributed by atoms with Gasteiger partial charge < -0.3 is 10.1 Å². The first-order chi connectivity index (χ1) is 8.40. The molecule has 1 heterocycles. The molecule has 0 bridgehead atoms. The molecule has 92 valence electrons. The van der Waals surface area contributed by atoms with Crippen molar-refractivity contribution in [3.05, 3.63) is 36.7 Å². The molecule has 3 heteroatoms. The van der Waals surface area contributed by atoms with E-state index in [1.165, 1.54) is 12.8 Å². The highest BCUT2D eigenvalue weighted by Crippen LogP contribution is 2.22. The Morgan fingerprint density at radius 3 is 3.18 bits per heavy atom. The van der Waals surface area contributed by atoms with Crippen molar-refractivity contribution in [2.24, 2.45) is 0 Å². The quantitative estimate of drug-likeness (QED) is 0.552. The van der Waals surface area contributed by atoms with Crippen molar-refractivity contribution in [3.63, 3.8) is 0 Å². The molecule has 1 aromatic heterocycles. The van der Waals surface area contributed by atoms with Gasteiger partial charge in [-0.25, -0.2) is 0 Å². The van der Waals surface area contributed by atoms with Crippen LogP contribution in [0.2, 0.25) is 0 Å². The summed E-state index contributed by atoms with van der Waals surface area (Å²) in [4.78, 5) is 4.15. The number of nitrogens with zero attached hydrogens (tertiary/aromatic N) is 1. The van der Waals surface area contributed by atoms with Crippen LogP contribution in [-0.2, 0) is 6.54 Å². The van der Waals surface area contributed by atoms with Crippen molar-refractivity contribution in [2.75, 3.05) is 6.61 Å². The van der Waals surface area contributed by atoms with E-state index in [-0.39, 0.29) is 0 Å².